The first kappa shape index (κ1) is 3.65. The second-order valence-electron chi connectivity index (χ2n) is 3.64. The Kier molecular flexibility index (Phi) is 0.281. The van der Waals surface area contributed by atoms with Crippen LogP contribution in [0.2, 0.25) is 0 Å². The van der Waals surface area contributed by atoms with Crippen molar-refractivity contribution < 1.29 is 4.79 Å². The molecule has 1 unspecified atom stereocenters. The Morgan fingerprint density at radius 3 is 2.12 bits per heavy atom. The highest BCUT2D eigenvalue weighted by molar-refractivity contribution is 6.05. The Labute approximate surface area is 48.1 Å². The quantitative estimate of drug-likeness (QED) is 0.454. The predicted octanol–water partition coefficient (Wildman–Crippen LogP) is 1.13. The molecule has 0 heterocycles. The zero-order valence-corrected chi connectivity index (χ0v) is 4.74. The topological polar surface area (TPSA) is 17.1 Å². The molecule has 0 aliphatic heterocycles. The van der Waals surface area contributed by atoms with Crippen LogP contribution in [-0.4, -0.2) is 5.78 Å². The number of Topliss-reactive ketones (excluding diaryl/α,β-unsaturated/α-hetero) is 1. The number of ketones is 1. The summed E-state index contributed by atoms with van der Waals surface area (Å²) in [5.41, 5.74) is 0.955. The maximum atomic E-state index is 10.7. The van der Waals surface area contributed by atoms with E-state index in [0.29, 0.717) is 16.6 Å². The average Bonchev–Trinajstić information content (AvgIpc) is 2.53. The van der Waals surface area contributed by atoms with Gasteiger partial charge in [-0.25, -0.2) is 0 Å². The maximum absolute atomic E-state index is 10.7. The SMILES string of the molecule is O=C1CC12CC21CC1. The second-order valence-corrected chi connectivity index (χ2v) is 3.64. The summed E-state index contributed by atoms with van der Waals surface area (Å²) in [6.07, 6.45) is 4.92. The van der Waals surface area contributed by atoms with Crippen molar-refractivity contribution in [1.82, 2.24) is 0 Å². The van der Waals surface area contributed by atoms with Gasteiger partial charge in [0.05, 0.1) is 0 Å². The molecule has 0 N–H and O–H groups in total. The van der Waals surface area contributed by atoms with Gasteiger partial charge in [0.15, 0.2) is 0 Å². The smallest absolute Gasteiger partial charge is 0.141 e. The highest BCUT2D eigenvalue weighted by Crippen LogP contribution is 2.86. The van der Waals surface area contributed by atoms with Crippen LogP contribution in [0.15, 0.2) is 0 Å². The molecule has 42 valence electrons. The molecule has 1 nitrogen and oxygen atoms in total. The molecular weight excluding hydrogens is 100 g/mol. The summed E-state index contributed by atoms with van der Waals surface area (Å²) in [6.45, 7) is 0. The number of rotatable bonds is 0. The molecule has 0 aromatic rings. The Morgan fingerprint density at radius 2 is 2.00 bits per heavy atom. The average molecular weight is 108 g/mol. The van der Waals surface area contributed by atoms with Crippen molar-refractivity contribution in [2.24, 2.45) is 10.8 Å². The molecule has 0 aromatic heterocycles. The summed E-state index contributed by atoms with van der Waals surface area (Å²) >= 11 is 0. The van der Waals surface area contributed by atoms with E-state index in [1.54, 1.807) is 0 Å². The van der Waals surface area contributed by atoms with Gasteiger partial charge in [0.1, 0.15) is 5.78 Å². The van der Waals surface area contributed by atoms with E-state index in [-0.39, 0.29) is 0 Å². The number of hydrogen-bond donors (Lipinski definition) is 0. The van der Waals surface area contributed by atoms with Crippen molar-refractivity contribution in [2.45, 2.75) is 25.7 Å². The van der Waals surface area contributed by atoms with E-state index >= 15 is 0 Å². The Bertz CT molecular complexity index is 191. The van der Waals surface area contributed by atoms with Gasteiger partial charge in [-0.05, 0) is 24.7 Å². The molecule has 1 atom stereocenters. The first-order chi connectivity index (χ1) is 3.79. The maximum Gasteiger partial charge on any atom is 0.141 e. The molecule has 3 rings (SSSR count). The van der Waals surface area contributed by atoms with Crippen LogP contribution in [0.5, 0.6) is 0 Å². The van der Waals surface area contributed by atoms with Crippen molar-refractivity contribution in [3.05, 3.63) is 0 Å². The summed E-state index contributed by atoms with van der Waals surface area (Å²) in [6, 6.07) is 0. The lowest BCUT2D eigenvalue weighted by atomic mass is 10.3. The summed E-state index contributed by atoms with van der Waals surface area (Å²) in [7, 11) is 0. The van der Waals surface area contributed by atoms with Crippen molar-refractivity contribution in [3.63, 3.8) is 0 Å². The minimum atomic E-state index is 0.326. The van der Waals surface area contributed by atoms with Gasteiger partial charge in [-0.2, -0.15) is 0 Å². The van der Waals surface area contributed by atoms with Crippen LogP contribution in [-0.2, 0) is 4.79 Å². The molecule has 0 radical (unpaired) electrons. The van der Waals surface area contributed by atoms with Gasteiger partial charge in [-0.15, -0.1) is 0 Å². The van der Waals surface area contributed by atoms with E-state index in [1.807, 2.05) is 0 Å². The number of carbonyl (C=O) groups is 1. The second kappa shape index (κ2) is 0.615. The minimum absolute atomic E-state index is 0.326. The molecule has 0 aromatic carbocycles. The highest BCUT2D eigenvalue weighted by atomic mass is 16.1. The van der Waals surface area contributed by atoms with Crippen LogP contribution in [0.1, 0.15) is 25.7 Å². The zero-order valence-electron chi connectivity index (χ0n) is 4.74. The van der Waals surface area contributed by atoms with Gasteiger partial charge in [0.2, 0.25) is 0 Å². The van der Waals surface area contributed by atoms with Gasteiger partial charge in [0, 0.05) is 11.8 Å². The number of fused-ring (bicyclic) bond motifs is 1. The molecule has 0 amide bonds. The Morgan fingerprint density at radius 1 is 1.38 bits per heavy atom. The molecule has 3 aliphatic rings. The van der Waals surface area contributed by atoms with Gasteiger partial charge < -0.3 is 0 Å². The van der Waals surface area contributed by atoms with E-state index in [4.69, 9.17) is 0 Å². The number of carbonyl (C=O) groups excluding carboxylic acids is 1. The summed E-state index contributed by atoms with van der Waals surface area (Å²) in [5.74, 6) is 0.565. The van der Waals surface area contributed by atoms with E-state index in [2.05, 4.69) is 0 Å². The van der Waals surface area contributed by atoms with Gasteiger partial charge in [0.25, 0.3) is 0 Å². The van der Waals surface area contributed by atoms with Crippen molar-refractivity contribution in [3.8, 4) is 0 Å². The van der Waals surface area contributed by atoms with E-state index in [9.17, 15) is 4.79 Å². The standard InChI is InChI=1S/C7H8O/c8-5-3-7(5)4-6(7)1-2-6/h1-4H2. The molecule has 3 saturated carbocycles. The van der Waals surface area contributed by atoms with E-state index in [0.717, 1.165) is 6.42 Å². The van der Waals surface area contributed by atoms with Crippen molar-refractivity contribution >= 4 is 5.78 Å². The van der Waals surface area contributed by atoms with Crippen LogP contribution in [0, 0.1) is 10.8 Å². The van der Waals surface area contributed by atoms with Gasteiger partial charge in [-0.1, -0.05) is 0 Å². The Balaban J connectivity index is 2.07. The fourth-order valence-electron chi connectivity index (χ4n) is 2.21. The van der Waals surface area contributed by atoms with Gasteiger partial charge in [-0.3, -0.25) is 4.79 Å². The molecule has 0 saturated heterocycles. The monoisotopic (exact) mass is 108 g/mol. The summed E-state index contributed by atoms with van der Waals surface area (Å²) in [4.78, 5) is 10.7. The largest absolute Gasteiger partial charge is 0.299 e. The third-order valence-electron chi connectivity index (χ3n) is 3.25. The molecule has 8 heavy (non-hydrogen) atoms. The van der Waals surface area contributed by atoms with Gasteiger partial charge >= 0.3 is 0 Å². The number of hydrogen-bond acceptors (Lipinski definition) is 1. The van der Waals surface area contributed by atoms with Crippen LogP contribution >= 0.6 is 0 Å². The first-order valence-corrected chi connectivity index (χ1v) is 3.33. The van der Waals surface area contributed by atoms with Crippen LogP contribution in [0.4, 0.5) is 0 Å². The fourth-order valence-corrected chi connectivity index (χ4v) is 2.21. The molecular formula is C7H8O. The van der Waals surface area contributed by atoms with Crippen molar-refractivity contribution in [1.29, 1.82) is 0 Å². The van der Waals surface area contributed by atoms with Crippen LogP contribution < -0.4 is 0 Å². The third kappa shape index (κ3) is 0.174. The molecule has 3 aliphatic carbocycles. The molecule has 3 fully saturated rings. The lowest BCUT2D eigenvalue weighted by molar-refractivity contribution is -0.111. The van der Waals surface area contributed by atoms with E-state index in [1.165, 1.54) is 19.3 Å². The predicted molar refractivity (Wildman–Crippen MR) is 28.3 cm³/mol. The molecule has 0 bridgehead atoms. The third-order valence-corrected chi connectivity index (χ3v) is 3.25. The van der Waals surface area contributed by atoms with Crippen LogP contribution in [0.3, 0.4) is 0 Å². The molecule has 1 heteroatoms. The Hall–Kier alpha value is -0.330. The first-order valence-electron chi connectivity index (χ1n) is 3.33. The lowest BCUT2D eigenvalue weighted by Crippen LogP contribution is -1.78. The van der Waals surface area contributed by atoms with Crippen molar-refractivity contribution in [2.75, 3.05) is 0 Å². The van der Waals surface area contributed by atoms with Crippen LogP contribution in [0.25, 0.3) is 0 Å². The molecule has 2 spiro atoms. The zero-order chi connectivity index (χ0) is 5.41. The summed E-state index contributed by atoms with van der Waals surface area (Å²) < 4.78 is 0. The fraction of sp³-hybridized carbons (Fsp3) is 0.857. The minimum Gasteiger partial charge on any atom is -0.299 e. The lowest BCUT2D eigenvalue weighted by Gasteiger charge is -1.74. The highest BCUT2D eigenvalue weighted by Gasteiger charge is 2.84. The van der Waals surface area contributed by atoms with E-state index < -0.39 is 0 Å². The summed E-state index contributed by atoms with van der Waals surface area (Å²) in [5, 5.41) is 0. The normalized spacial score (nSPS) is 52.8.